The minimum absolute atomic E-state index is 0.109. The van der Waals surface area contributed by atoms with Crippen LogP contribution in [0.4, 0.5) is 0 Å². The Morgan fingerprint density at radius 3 is 2.29 bits per heavy atom. The summed E-state index contributed by atoms with van der Waals surface area (Å²) in [5.74, 6) is 0.782. The molecular weight excluding hydrogens is 256 g/mol. The zero-order valence-corrected chi connectivity index (χ0v) is 14.4. The van der Waals surface area contributed by atoms with Gasteiger partial charge in [0.1, 0.15) is 0 Å². The van der Waals surface area contributed by atoms with Crippen molar-refractivity contribution in [2.24, 2.45) is 0 Å². The molecule has 1 aliphatic rings. The highest BCUT2D eigenvalue weighted by Gasteiger charge is 2.36. The lowest BCUT2D eigenvalue weighted by Gasteiger charge is -2.45. The predicted octanol–water partition coefficient (Wildman–Crippen LogP) is 4.34. The molecule has 0 heterocycles. The normalized spacial score (nSPS) is 17.8. The van der Waals surface area contributed by atoms with Gasteiger partial charge in [-0.05, 0) is 63.9 Å². The molecule has 2 heteroatoms. The summed E-state index contributed by atoms with van der Waals surface area (Å²) in [7, 11) is 2.10. The van der Waals surface area contributed by atoms with Gasteiger partial charge in [-0.25, -0.2) is 0 Å². The zero-order valence-electron chi connectivity index (χ0n) is 14.4. The molecule has 2 nitrogen and oxygen atoms in total. The maximum Gasteiger partial charge on any atom is 0.0502 e. The van der Waals surface area contributed by atoms with Crippen LogP contribution in [0.15, 0.2) is 24.3 Å². The summed E-state index contributed by atoms with van der Waals surface area (Å²) in [6.07, 6.45) is 4.11. The maximum atomic E-state index is 3.61. The summed E-state index contributed by atoms with van der Waals surface area (Å²) in [5, 5.41) is 3.61. The van der Waals surface area contributed by atoms with Gasteiger partial charge in [0.15, 0.2) is 0 Å². The molecule has 0 radical (unpaired) electrons. The molecule has 0 aliphatic heterocycles. The number of nitrogens with one attached hydrogen (secondary N) is 1. The molecular formula is C19H32N2. The summed E-state index contributed by atoms with van der Waals surface area (Å²) in [4.78, 5) is 2.56. The SMILES string of the molecule is CCN(CC)C(C)(C)C(NC)c1ccccc1C1CCC1. The van der Waals surface area contributed by atoms with E-state index in [4.69, 9.17) is 0 Å². The second kappa shape index (κ2) is 6.93. The fourth-order valence-corrected chi connectivity index (χ4v) is 3.98. The van der Waals surface area contributed by atoms with E-state index in [1.54, 1.807) is 5.56 Å². The highest BCUT2D eigenvalue weighted by atomic mass is 15.2. The summed E-state index contributed by atoms with van der Waals surface area (Å²) >= 11 is 0. The second-order valence-corrected chi connectivity index (χ2v) is 6.80. The van der Waals surface area contributed by atoms with Gasteiger partial charge in [0, 0.05) is 5.54 Å². The monoisotopic (exact) mass is 288 g/mol. The molecule has 0 saturated heterocycles. The summed E-state index contributed by atoms with van der Waals surface area (Å²) in [6.45, 7) is 11.4. The topological polar surface area (TPSA) is 15.3 Å². The number of hydrogen-bond donors (Lipinski definition) is 1. The summed E-state index contributed by atoms with van der Waals surface area (Å²) in [5.41, 5.74) is 3.18. The van der Waals surface area contributed by atoms with Crippen LogP contribution in [0.1, 0.15) is 70.0 Å². The van der Waals surface area contributed by atoms with E-state index in [1.807, 2.05) is 0 Å². The van der Waals surface area contributed by atoms with Crippen molar-refractivity contribution in [3.05, 3.63) is 35.4 Å². The van der Waals surface area contributed by atoms with Crippen LogP contribution < -0.4 is 5.32 Å². The van der Waals surface area contributed by atoms with Crippen molar-refractivity contribution in [3.63, 3.8) is 0 Å². The first-order valence-electron chi connectivity index (χ1n) is 8.57. The third-order valence-corrected chi connectivity index (χ3v) is 5.43. The van der Waals surface area contributed by atoms with Gasteiger partial charge in [-0.2, -0.15) is 0 Å². The van der Waals surface area contributed by atoms with Gasteiger partial charge < -0.3 is 5.32 Å². The Hall–Kier alpha value is -0.860. The Morgan fingerprint density at radius 1 is 1.19 bits per heavy atom. The Bertz CT molecular complexity index is 445. The molecule has 1 fully saturated rings. The van der Waals surface area contributed by atoms with E-state index in [0.717, 1.165) is 19.0 Å². The van der Waals surface area contributed by atoms with E-state index in [2.05, 4.69) is 69.2 Å². The van der Waals surface area contributed by atoms with E-state index in [1.165, 1.54) is 24.8 Å². The van der Waals surface area contributed by atoms with Gasteiger partial charge in [0.2, 0.25) is 0 Å². The van der Waals surface area contributed by atoms with Crippen molar-refractivity contribution in [3.8, 4) is 0 Å². The van der Waals surface area contributed by atoms with Crippen molar-refractivity contribution in [1.82, 2.24) is 10.2 Å². The van der Waals surface area contributed by atoms with Crippen LogP contribution in [0.25, 0.3) is 0 Å². The molecule has 0 aromatic heterocycles. The van der Waals surface area contributed by atoms with E-state index >= 15 is 0 Å². The Labute approximate surface area is 130 Å². The molecule has 0 amide bonds. The largest absolute Gasteiger partial charge is 0.311 e. The molecule has 1 unspecified atom stereocenters. The minimum atomic E-state index is 0.109. The number of rotatable bonds is 7. The molecule has 1 atom stereocenters. The number of hydrogen-bond acceptors (Lipinski definition) is 2. The standard InChI is InChI=1S/C19H32N2/c1-6-21(7-2)19(3,4)18(20-5)17-14-9-8-13-16(17)15-11-10-12-15/h8-9,13-15,18,20H,6-7,10-12H2,1-5H3. The maximum absolute atomic E-state index is 3.61. The summed E-state index contributed by atoms with van der Waals surface area (Å²) < 4.78 is 0. The predicted molar refractivity (Wildman–Crippen MR) is 91.8 cm³/mol. The molecule has 1 aromatic carbocycles. The van der Waals surface area contributed by atoms with Crippen LogP contribution in [0.2, 0.25) is 0 Å². The lowest BCUT2D eigenvalue weighted by molar-refractivity contribution is 0.0937. The number of benzene rings is 1. The molecule has 1 aromatic rings. The molecule has 0 bridgehead atoms. The van der Waals surface area contributed by atoms with E-state index in [0.29, 0.717) is 6.04 Å². The van der Waals surface area contributed by atoms with Crippen LogP contribution in [-0.2, 0) is 0 Å². The number of nitrogens with zero attached hydrogens (tertiary/aromatic N) is 1. The lowest BCUT2D eigenvalue weighted by atomic mass is 9.74. The van der Waals surface area contributed by atoms with Gasteiger partial charge in [0.25, 0.3) is 0 Å². The fourth-order valence-electron chi connectivity index (χ4n) is 3.98. The number of likely N-dealkylation sites (N-methyl/N-ethyl adjacent to an activating group) is 2. The Morgan fingerprint density at radius 2 is 1.81 bits per heavy atom. The first kappa shape index (κ1) is 16.5. The van der Waals surface area contributed by atoms with Crippen molar-refractivity contribution in [2.75, 3.05) is 20.1 Å². The summed E-state index contributed by atoms with van der Waals surface area (Å²) in [6, 6.07) is 9.45. The molecule has 118 valence electrons. The van der Waals surface area contributed by atoms with Crippen LogP contribution in [0.5, 0.6) is 0 Å². The van der Waals surface area contributed by atoms with Crippen LogP contribution in [0, 0.1) is 0 Å². The molecule has 0 spiro atoms. The van der Waals surface area contributed by atoms with Gasteiger partial charge in [-0.1, -0.05) is 44.5 Å². The van der Waals surface area contributed by atoms with E-state index in [9.17, 15) is 0 Å². The minimum Gasteiger partial charge on any atom is -0.311 e. The quantitative estimate of drug-likeness (QED) is 0.803. The lowest BCUT2D eigenvalue weighted by Crippen LogP contribution is -2.52. The van der Waals surface area contributed by atoms with Crippen molar-refractivity contribution >= 4 is 0 Å². The molecule has 2 rings (SSSR count). The van der Waals surface area contributed by atoms with Crippen LogP contribution in [0.3, 0.4) is 0 Å². The Kier molecular flexibility index (Phi) is 5.45. The van der Waals surface area contributed by atoms with Gasteiger partial charge in [0.05, 0.1) is 6.04 Å². The van der Waals surface area contributed by atoms with Gasteiger partial charge in [-0.15, -0.1) is 0 Å². The first-order valence-corrected chi connectivity index (χ1v) is 8.57. The van der Waals surface area contributed by atoms with E-state index < -0.39 is 0 Å². The fraction of sp³-hybridized carbons (Fsp3) is 0.684. The van der Waals surface area contributed by atoms with Crippen molar-refractivity contribution in [2.45, 2.75) is 64.5 Å². The zero-order chi connectivity index (χ0) is 15.5. The second-order valence-electron chi connectivity index (χ2n) is 6.80. The van der Waals surface area contributed by atoms with Crippen molar-refractivity contribution < 1.29 is 0 Å². The molecule has 1 saturated carbocycles. The molecule has 21 heavy (non-hydrogen) atoms. The third-order valence-electron chi connectivity index (χ3n) is 5.43. The molecule has 1 N–H and O–H groups in total. The average Bonchev–Trinajstić information content (AvgIpc) is 2.40. The van der Waals surface area contributed by atoms with Gasteiger partial charge in [-0.3, -0.25) is 4.90 Å². The molecule has 1 aliphatic carbocycles. The third kappa shape index (κ3) is 3.17. The average molecular weight is 288 g/mol. The highest BCUT2D eigenvalue weighted by molar-refractivity contribution is 5.36. The van der Waals surface area contributed by atoms with Crippen molar-refractivity contribution in [1.29, 1.82) is 0 Å². The van der Waals surface area contributed by atoms with E-state index in [-0.39, 0.29) is 5.54 Å². The van der Waals surface area contributed by atoms with Crippen LogP contribution in [-0.4, -0.2) is 30.6 Å². The first-order chi connectivity index (χ1) is 10.1. The highest BCUT2D eigenvalue weighted by Crippen LogP contribution is 2.42. The Balaban J connectivity index is 2.37. The van der Waals surface area contributed by atoms with Gasteiger partial charge >= 0.3 is 0 Å². The smallest absolute Gasteiger partial charge is 0.0502 e. The van der Waals surface area contributed by atoms with Crippen LogP contribution >= 0.6 is 0 Å².